The van der Waals surface area contributed by atoms with Gasteiger partial charge in [0, 0.05) is 36.5 Å². The van der Waals surface area contributed by atoms with E-state index in [0.717, 1.165) is 5.56 Å². The van der Waals surface area contributed by atoms with E-state index in [9.17, 15) is 32.7 Å². The molecule has 2 atom stereocenters. The molecule has 1 aromatic heterocycles. The Morgan fingerprint density at radius 3 is 2.46 bits per heavy atom. The first-order chi connectivity index (χ1) is 16.3. The number of allylic oxidation sites excluding steroid dienone is 1. The van der Waals surface area contributed by atoms with Crippen LogP contribution in [0.4, 0.5) is 13.2 Å². The summed E-state index contributed by atoms with van der Waals surface area (Å²) in [5.41, 5.74) is 7.59. The SMILES string of the molecule is C[n+]1ccc(CN2CCC(=CC3=C(C(=O)[O-])N4C(=O)[C@@H](N)[C@H]4SC3)C2=O)cc1.O=C(O)C(F)(F)F. The molecule has 3 aliphatic heterocycles. The molecule has 2 fully saturated rings. The second kappa shape index (κ2) is 10.1. The normalized spacial score (nSPS) is 23.1. The van der Waals surface area contributed by atoms with Crippen LogP contribution in [0.25, 0.3) is 0 Å². The van der Waals surface area contributed by atoms with Gasteiger partial charge in [0.25, 0.3) is 0 Å². The van der Waals surface area contributed by atoms with Gasteiger partial charge in [-0.1, -0.05) is 0 Å². The number of carboxylic acids is 2. The van der Waals surface area contributed by atoms with Crippen molar-refractivity contribution in [1.29, 1.82) is 0 Å². The first kappa shape index (κ1) is 26.2. The molecule has 0 aromatic carbocycles. The number of halogens is 3. The molecule has 0 bridgehead atoms. The fourth-order valence-corrected chi connectivity index (χ4v) is 4.91. The Kier molecular flexibility index (Phi) is 7.55. The van der Waals surface area contributed by atoms with Crippen LogP contribution in [0.15, 0.2) is 47.4 Å². The van der Waals surface area contributed by atoms with Crippen LogP contribution in [0.1, 0.15) is 12.0 Å². The van der Waals surface area contributed by atoms with E-state index < -0.39 is 30.1 Å². The van der Waals surface area contributed by atoms with E-state index in [2.05, 4.69) is 0 Å². The van der Waals surface area contributed by atoms with Crippen LogP contribution in [0.3, 0.4) is 0 Å². The molecule has 0 radical (unpaired) electrons. The third-order valence-electron chi connectivity index (χ3n) is 5.46. The highest BCUT2D eigenvalue weighted by molar-refractivity contribution is 8.00. The van der Waals surface area contributed by atoms with Gasteiger partial charge in [-0.3, -0.25) is 14.5 Å². The molecule has 4 heterocycles. The summed E-state index contributed by atoms with van der Waals surface area (Å²) in [5.74, 6) is -4.34. The summed E-state index contributed by atoms with van der Waals surface area (Å²) >= 11 is 1.40. The number of carbonyl (C=O) groups is 4. The maximum absolute atomic E-state index is 12.8. The number of hydrogen-bond donors (Lipinski definition) is 2. The number of carboxylic acid groups (broad SMARTS) is 2. The van der Waals surface area contributed by atoms with Crippen molar-refractivity contribution in [2.24, 2.45) is 12.8 Å². The van der Waals surface area contributed by atoms with Crippen molar-refractivity contribution in [2.75, 3.05) is 12.3 Å². The van der Waals surface area contributed by atoms with Gasteiger partial charge in [-0.15, -0.1) is 11.8 Å². The average Bonchev–Trinajstić information content (AvgIpc) is 3.13. The molecule has 0 spiro atoms. The number of alkyl halides is 3. The summed E-state index contributed by atoms with van der Waals surface area (Å²) in [5, 5.41) is 18.4. The van der Waals surface area contributed by atoms with Gasteiger partial charge in [-0.2, -0.15) is 13.2 Å². The third-order valence-corrected chi connectivity index (χ3v) is 6.78. The van der Waals surface area contributed by atoms with Crippen LogP contribution in [-0.2, 0) is 32.8 Å². The summed E-state index contributed by atoms with van der Waals surface area (Å²) in [4.78, 5) is 48.2. The molecule has 10 nitrogen and oxygen atoms in total. The van der Waals surface area contributed by atoms with Crippen LogP contribution < -0.4 is 15.4 Å². The molecular formula is C21H21F3N4O6S. The number of hydrogen-bond acceptors (Lipinski definition) is 7. The topological polar surface area (TPSA) is 148 Å². The molecular weight excluding hydrogens is 493 g/mol. The molecule has 2 amide bonds. The van der Waals surface area contributed by atoms with Crippen LogP contribution in [0.5, 0.6) is 0 Å². The molecule has 0 aliphatic carbocycles. The number of aryl methyl sites for hydroxylation is 1. The Bertz CT molecular complexity index is 1120. The number of aromatic nitrogens is 1. The number of amides is 2. The quantitative estimate of drug-likeness (QED) is 0.297. The number of thioether (sulfide) groups is 1. The van der Waals surface area contributed by atoms with E-state index in [1.807, 2.05) is 36.1 Å². The highest BCUT2D eigenvalue weighted by Crippen LogP contribution is 2.40. The molecule has 3 N–H and O–H groups in total. The average molecular weight is 514 g/mol. The van der Waals surface area contributed by atoms with Crippen molar-refractivity contribution in [3.63, 3.8) is 0 Å². The minimum Gasteiger partial charge on any atom is -0.543 e. The second-order valence-corrected chi connectivity index (χ2v) is 9.02. The Labute approximate surface area is 201 Å². The summed E-state index contributed by atoms with van der Waals surface area (Å²) in [6, 6.07) is 3.23. The van der Waals surface area contributed by atoms with Gasteiger partial charge >= 0.3 is 12.1 Å². The monoisotopic (exact) mass is 514 g/mol. The molecule has 14 heteroatoms. The number of pyridine rings is 1. The van der Waals surface area contributed by atoms with Crippen molar-refractivity contribution in [2.45, 2.75) is 30.6 Å². The molecule has 1 aromatic rings. The first-order valence-electron chi connectivity index (χ1n) is 10.2. The highest BCUT2D eigenvalue weighted by atomic mass is 32.2. The van der Waals surface area contributed by atoms with Crippen molar-refractivity contribution in [1.82, 2.24) is 9.80 Å². The van der Waals surface area contributed by atoms with Gasteiger partial charge in [0.05, 0.1) is 11.7 Å². The zero-order valence-corrected chi connectivity index (χ0v) is 19.1. The molecule has 0 unspecified atom stereocenters. The number of β-lactam (4-membered cyclic amide) rings is 1. The number of rotatable bonds is 4. The van der Waals surface area contributed by atoms with E-state index in [1.54, 1.807) is 11.0 Å². The van der Waals surface area contributed by atoms with E-state index in [4.69, 9.17) is 15.6 Å². The Hall–Kier alpha value is -3.39. The van der Waals surface area contributed by atoms with Gasteiger partial charge in [0.2, 0.25) is 11.8 Å². The lowest BCUT2D eigenvalue weighted by atomic mass is 10.0. The minimum atomic E-state index is -5.08. The van der Waals surface area contributed by atoms with E-state index >= 15 is 0 Å². The second-order valence-electron chi connectivity index (χ2n) is 7.92. The van der Waals surface area contributed by atoms with Crippen LogP contribution in [-0.4, -0.2) is 68.5 Å². The number of nitrogens with zero attached hydrogens (tertiary/aromatic N) is 3. The largest absolute Gasteiger partial charge is 0.543 e. The zero-order valence-electron chi connectivity index (χ0n) is 18.3. The van der Waals surface area contributed by atoms with Gasteiger partial charge in [0.15, 0.2) is 12.4 Å². The molecule has 4 rings (SSSR count). The molecule has 188 valence electrons. The van der Waals surface area contributed by atoms with E-state index in [-0.39, 0.29) is 17.0 Å². The predicted octanol–water partition coefficient (Wildman–Crippen LogP) is -0.950. The van der Waals surface area contributed by atoms with Crippen LogP contribution in [0.2, 0.25) is 0 Å². The lowest BCUT2D eigenvalue weighted by molar-refractivity contribution is -0.671. The van der Waals surface area contributed by atoms with E-state index in [0.29, 0.717) is 36.4 Å². The zero-order chi connectivity index (χ0) is 26.1. The number of carbonyl (C=O) groups excluding carboxylic acids is 3. The van der Waals surface area contributed by atoms with Gasteiger partial charge < -0.3 is 25.6 Å². The van der Waals surface area contributed by atoms with Gasteiger partial charge in [0.1, 0.15) is 18.5 Å². The van der Waals surface area contributed by atoms with E-state index in [1.165, 1.54) is 16.7 Å². The highest BCUT2D eigenvalue weighted by Gasteiger charge is 2.50. The number of aliphatic carboxylic acids is 2. The number of likely N-dealkylation sites (tertiary alicyclic amines) is 1. The molecule has 35 heavy (non-hydrogen) atoms. The van der Waals surface area contributed by atoms with Crippen molar-refractivity contribution in [3.05, 3.63) is 53.0 Å². The summed E-state index contributed by atoms with van der Waals surface area (Å²) in [7, 11) is 1.93. The minimum absolute atomic E-state index is 0.114. The lowest BCUT2D eigenvalue weighted by Crippen LogP contribution is -2.69. The Balaban J connectivity index is 0.000000429. The number of fused-ring (bicyclic) bond motifs is 1. The van der Waals surface area contributed by atoms with Crippen molar-refractivity contribution < 1.29 is 47.1 Å². The standard InChI is InChI=1S/C19H20N4O4S.C2HF3O2/c1-21-5-2-11(3-6-21)9-22-7-4-12(16(22)24)8-13-10-28-18-14(20)17(25)23(18)15(13)19(26)27;3-2(4,5)1(6)7/h2-3,5-6,8,14,18H,4,7,9-10,20H2,1H3;(H,6,7)/t14-,18-;/m1./s1. The van der Waals surface area contributed by atoms with Gasteiger partial charge in [-0.25, -0.2) is 9.36 Å². The lowest BCUT2D eigenvalue weighted by Gasteiger charge is -2.49. The Morgan fingerprint density at radius 1 is 1.31 bits per heavy atom. The predicted molar refractivity (Wildman–Crippen MR) is 113 cm³/mol. The van der Waals surface area contributed by atoms with Gasteiger partial charge in [-0.05, 0) is 23.6 Å². The third kappa shape index (κ3) is 5.65. The number of nitrogens with two attached hydrogens (primary N) is 1. The molecule has 2 saturated heterocycles. The van der Waals surface area contributed by atoms with Crippen LogP contribution >= 0.6 is 11.8 Å². The van der Waals surface area contributed by atoms with Crippen molar-refractivity contribution in [3.8, 4) is 0 Å². The molecule has 0 saturated carbocycles. The van der Waals surface area contributed by atoms with Crippen LogP contribution in [0, 0.1) is 0 Å². The smallest absolute Gasteiger partial charge is 0.490 e. The summed E-state index contributed by atoms with van der Waals surface area (Å²) in [6.45, 7) is 1.07. The first-order valence-corrected chi connectivity index (χ1v) is 11.2. The summed E-state index contributed by atoms with van der Waals surface area (Å²) in [6.07, 6.45) is 0.908. The maximum atomic E-state index is 12.8. The Morgan fingerprint density at radius 2 is 1.91 bits per heavy atom. The maximum Gasteiger partial charge on any atom is 0.490 e. The fourth-order valence-electron chi connectivity index (χ4n) is 3.66. The summed E-state index contributed by atoms with van der Waals surface area (Å²) < 4.78 is 33.7. The fraction of sp³-hybridized carbons (Fsp3) is 0.381. The molecule has 3 aliphatic rings. The van der Waals surface area contributed by atoms with Crippen molar-refractivity contribution >= 4 is 35.5 Å².